The number of hydrazine groups is 1. The van der Waals surface area contributed by atoms with Gasteiger partial charge in [-0.05, 0) is 51.1 Å². The number of piperazine rings is 1. The molecule has 0 radical (unpaired) electrons. The molecular weight excluding hydrogens is 392 g/mol. The summed E-state index contributed by atoms with van der Waals surface area (Å²) in [6.07, 6.45) is 7.80. The Morgan fingerprint density at radius 1 is 1.10 bits per heavy atom. The number of anilines is 3. The maximum atomic E-state index is 11.9. The second kappa shape index (κ2) is 10.1. The van der Waals surface area contributed by atoms with Gasteiger partial charge < -0.3 is 14.5 Å². The average molecular weight is 425 g/mol. The van der Waals surface area contributed by atoms with Crippen LogP contribution in [-0.4, -0.2) is 66.7 Å². The fraction of sp³-hybridized carbons (Fsp3) is 0.522. The molecule has 2 heterocycles. The maximum Gasteiger partial charge on any atom is 0.341 e. The van der Waals surface area contributed by atoms with Crippen molar-refractivity contribution in [2.24, 2.45) is 0 Å². The van der Waals surface area contributed by atoms with Crippen LogP contribution in [0.15, 0.2) is 36.7 Å². The molecule has 2 aliphatic rings. The molecule has 1 aromatic heterocycles. The summed E-state index contributed by atoms with van der Waals surface area (Å²) in [5.74, 6) is 0.119. The highest BCUT2D eigenvalue weighted by Gasteiger charge is 2.22. The number of carbonyl (C=O) groups excluding carboxylic acids is 1. The third-order valence-corrected chi connectivity index (χ3v) is 5.99. The minimum atomic E-state index is -0.402. The molecule has 0 unspecified atom stereocenters. The molecule has 0 atom stereocenters. The Labute approximate surface area is 184 Å². The lowest BCUT2D eigenvalue weighted by molar-refractivity contribution is 0.0525. The van der Waals surface area contributed by atoms with Crippen molar-refractivity contribution in [2.45, 2.75) is 38.6 Å². The highest BCUT2D eigenvalue weighted by atomic mass is 16.5. The van der Waals surface area contributed by atoms with Crippen molar-refractivity contribution in [3.63, 3.8) is 0 Å². The highest BCUT2D eigenvalue weighted by molar-refractivity contribution is 5.88. The monoisotopic (exact) mass is 424 g/mol. The third kappa shape index (κ3) is 5.32. The minimum absolute atomic E-state index is 0.329. The largest absolute Gasteiger partial charge is 0.462 e. The minimum Gasteiger partial charge on any atom is -0.462 e. The van der Waals surface area contributed by atoms with Gasteiger partial charge in [-0.1, -0.05) is 12.8 Å². The predicted molar refractivity (Wildman–Crippen MR) is 122 cm³/mol. The first-order chi connectivity index (χ1) is 15.1. The van der Waals surface area contributed by atoms with Gasteiger partial charge in [-0.15, -0.1) is 0 Å². The van der Waals surface area contributed by atoms with Gasteiger partial charge in [0.1, 0.15) is 0 Å². The zero-order chi connectivity index (χ0) is 21.6. The number of nitrogens with one attached hydrogen (secondary N) is 1. The molecule has 1 saturated heterocycles. The van der Waals surface area contributed by atoms with Crippen molar-refractivity contribution in [1.82, 2.24) is 20.3 Å². The average Bonchev–Trinajstić information content (AvgIpc) is 3.32. The first-order valence-electron chi connectivity index (χ1n) is 11.2. The molecule has 8 heteroatoms. The van der Waals surface area contributed by atoms with Gasteiger partial charge in [-0.2, -0.15) is 0 Å². The molecule has 1 aromatic carbocycles. The number of hydrogen-bond acceptors (Lipinski definition) is 8. The normalized spacial score (nSPS) is 17.7. The van der Waals surface area contributed by atoms with Crippen molar-refractivity contribution < 1.29 is 9.53 Å². The summed E-state index contributed by atoms with van der Waals surface area (Å²) in [6.45, 7) is 6.36. The quantitative estimate of drug-likeness (QED) is 0.537. The van der Waals surface area contributed by atoms with Crippen LogP contribution >= 0.6 is 0 Å². The molecule has 0 spiro atoms. The number of nitrogens with zero attached hydrogens (tertiary/aromatic N) is 5. The number of rotatable bonds is 7. The van der Waals surface area contributed by atoms with E-state index in [0.717, 1.165) is 44.7 Å². The summed E-state index contributed by atoms with van der Waals surface area (Å²) >= 11 is 0. The Hall–Kier alpha value is -2.71. The van der Waals surface area contributed by atoms with E-state index >= 15 is 0 Å². The van der Waals surface area contributed by atoms with E-state index in [1.165, 1.54) is 30.9 Å². The van der Waals surface area contributed by atoms with E-state index in [4.69, 9.17) is 4.74 Å². The molecule has 166 valence electrons. The summed E-state index contributed by atoms with van der Waals surface area (Å²) < 4.78 is 5.04. The molecule has 0 bridgehead atoms. The van der Waals surface area contributed by atoms with Crippen LogP contribution in [0.1, 0.15) is 43.0 Å². The van der Waals surface area contributed by atoms with Crippen molar-refractivity contribution in [2.75, 3.05) is 49.7 Å². The van der Waals surface area contributed by atoms with Gasteiger partial charge in [0.05, 0.1) is 17.9 Å². The van der Waals surface area contributed by atoms with Crippen molar-refractivity contribution in [1.29, 1.82) is 0 Å². The molecule has 2 fully saturated rings. The number of aromatic nitrogens is 2. The lowest BCUT2D eigenvalue weighted by atomic mass is 10.2. The predicted octanol–water partition coefficient (Wildman–Crippen LogP) is 2.99. The first-order valence-corrected chi connectivity index (χ1v) is 11.2. The second-order valence-electron chi connectivity index (χ2n) is 8.24. The molecule has 0 amide bonds. The van der Waals surface area contributed by atoms with Crippen LogP contribution in [0.25, 0.3) is 0 Å². The van der Waals surface area contributed by atoms with Crippen molar-refractivity contribution in [3.05, 3.63) is 42.2 Å². The van der Waals surface area contributed by atoms with Crippen LogP contribution in [-0.2, 0) is 4.74 Å². The number of esters is 1. The van der Waals surface area contributed by atoms with Gasteiger partial charge in [-0.3, -0.25) is 0 Å². The molecule has 8 nitrogen and oxygen atoms in total. The van der Waals surface area contributed by atoms with Crippen LogP contribution in [0.3, 0.4) is 0 Å². The van der Waals surface area contributed by atoms with E-state index in [1.54, 1.807) is 6.92 Å². The fourth-order valence-electron chi connectivity index (χ4n) is 4.12. The Morgan fingerprint density at radius 2 is 1.74 bits per heavy atom. The molecule has 4 rings (SSSR count). The van der Waals surface area contributed by atoms with Crippen LogP contribution in [0.5, 0.6) is 0 Å². The summed E-state index contributed by atoms with van der Waals surface area (Å²) in [5, 5.41) is 1.94. The summed E-state index contributed by atoms with van der Waals surface area (Å²) in [7, 11) is 2.17. The summed E-state index contributed by atoms with van der Waals surface area (Å²) in [4.78, 5) is 25.6. The van der Waals surface area contributed by atoms with Gasteiger partial charge >= 0.3 is 5.97 Å². The topological polar surface area (TPSA) is 73.8 Å². The van der Waals surface area contributed by atoms with Gasteiger partial charge in [0.2, 0.25) is 5.95 Å². The molecule has 2 aromatic rings. The third-order valence-electron chi connectivity index (χ3n) is 5.99. The molecule has 1 N–H and O–H groups in total. The van der Waals surface area contributed by atoms with Crippen LogP contribution in [0.2, 0.25) is 0 Å². The number of ether oxygens (including phenoxy) is 1. The number of likely N-dealkylation sites (N-methyl/N-ethyl adjacent to an activating group) is 1. The highest BCUT2D eigenvalue weighted by Crippen LogP contribution is 2.27. The van der Waals surface area contributed by atoms with Crippen LogP contribution in [0.4, 0.5) is 17.3 Å². The second-order valence-corrected chi connectivity index (χ2v) is 8.24. The van der Waals surface area contributed by atoms with E-state index in [1.807, 2.05) is 5.01 Å². The number of benzene rings is 1. The van der Waals surface area contributed by atoms with E-state index in [0.29, 0.717) is 24.2 Å². The summed E-state index contributed by atoms with van der Waals surface area (Å²) in [6, 6.07) is 8.94. The lowest BCUT2D eigenvalue weighted by Crippen LogP contribution is -2.44. The molecule has 31 heavy (non-hydrogen) atoms. The van der Waals surface area contributed by atoms with E-state index < -0.39 is 5.97 Å². The Bertz CT molecular complexity index is 843. The Balaban J connectivity index is 1.54. The van der Waals surface area contributed by atoms with Crippen LogP contribution < -0.4 is 15.3 Å². The smallest absolute Gasteiger partial charge is 0.341 e. The van der Waals surface area contributed by atoms with Gasteiger partial charge in [-0.25, -0.2) is 25.2 Å². The zero-order valence-electron chi connectivity index (χ0n) is 18.5. The van der Waals surface area contributed by atoms with Gasteiger partial charge in [0.25, 0.3) is 0 Å². The number of carbonyl (C=O) groups is 1. The van der Waals surface area contributed by atoms with Crippen LogP contribution in [0, 0.1) is 0 Å². The fourth-order valence-corrected chi connectivity index (χ4v) is 4.12. The molecule has 1 aliphatic carbocycles. The SMILES string of the molecule is CCOC(=O)c1cnc(N(NC2CCCC2)c2ccc(N3CCN(C)CC3)cc2)nc1. The zero-order valence-corrected chi connectivity index (χ0v) is 18.5. The first kappa shape index (κ1) is 21.5. The summed E-state index contributed by atoms with van der Waals surface area (Å²) in [5.41, 5.74) is 6.17. The van der Waals surface area contributed by atoms with Gasteiger partial charge in [0, 0.05) is 50.3 Å². The van der Waals surface area contributed by atoms with E-state index in [-0.39, 0.29) is 0 Å². The molecular formula is C23H32N6O2. The van der Waals surface area contributed by atoms with Gasteiger partial charge in [0.15, 0.2) is 0 Å². The number of hydrogen-bond donors (Lipinski definition) is 1. The Kier molecular flexibility index (Phi) is 6.99. The van der Waals surface area contributed by atoms with Crippen molar-refractivity contribution >= 4 is 23.3 Å². The lowest BCUT2D eigenvalue weighted by Gasteiger charge is -2.34. The molecule has 1 saturated carbocycles. The molecule has 1 aliphatic heterocycles. The maximum absolute atomic E-state index is 11.9. The standard InChI is InChI=1S/C23H32N6O2/c1-3-31-22(30)18-16-24-23(25-17-18)29(26-19-6-4-5-7-19)21-10-8-20(9-11-21)28-14-12-27(2)13-15-28/h8-11,16-17,19,26H,3-7,12-15H2,1-2H3. The van der Waals surface area contributed by atoms with E-state index in [9.17, 15) is 4.79 Å². The Morgan fingerprint density at radius 3 is 2.35 bits per heavy atom. The van der Waals surface area contributed by atoms with E-state index in [2.05, 4.69) is 56.5 Å². The van der Waals surface area contributed by atoms with Crippen molar-refractivity contribution in [3.8, 4) is 0 Å².